The van der Waals surface area contributed by atoms with E-state index in [-0.39, 0.29) is 6.03 Å². The second kappa shape index (κ2) is 8.52. The Morgan fingerprint density at radius 3 is 3.04 bits per heavy atom. The van der Waals surface area contributed by atoms with Gasteiger partial charge in [-0.25, -0.2) is 4.79 Å². The van der Waals surface area contributed by atoms with Gasteiger partial charge in [-0.3, -0.25) is 10.00 Å². The van der Waals surface area contributed by atoms with Gasteiger partial charge >= 0.3 is 6.03 Å². The van der Waals surface area contributed by atoms with Crippen LogP contribution >= 0.6 is 0 Å². The van der Waals surface area contributed by atoms with E-state index in [1.807, 2.05) is 13.0 Å². The van der Waals surface area contributed by atoms with Crippen LogP contribution in [0.15, 0.2) is 24.4 Å². The fourth-order valence-electron chi connectivity index (χ4n) is 3.91. The van der Waals surface area contributed by atoms with Crippen LogP contribution in [0.4, 0.5) is 10.5 Å². The zero-order valence-corrected chi connectivity index (χ0v) is 16.2. The van der Waals surface area contributed by atoms with Crippen molar-refractivity contribution in [2.45, 2.75) is 32.2 Å². The summed E-state index contributed by atoms with van der Waals surface area (Å²) < 4.78 is 11.3. The highest BCUT2D eigenvalue weighted by Crippen LogP contribution is 2.33. The normalized spacial score (nSPS) is 19.2. The average molecular weight is 385 g/mol. The third-order valence-electron chi connectivity index (χ3n) is 5.18. The largest absolute Gasteiger partial charge is 0.486 e. The number of piperidine rings is 1. The number of H-pyrrole nitrogens is 1. The van der Waals surface area contributed by atoms with Crippen molar-refractivity contribution in [3.63, 3.8) is 0 Å². The minimum atomic E-state index is -0.200. The summed E-state index contributed by atoms with van der Waals surface area (Å²) in [7, 11) is 0. The van der Waals surface area contributed by atoms with Gasteiger partial charge in [0.1, 0.15) is 13.2 Å². The van der Waals surface area contributed by atoms with Gasteiger partial charge in [-0.1, -0.05) is 6.07 Å². The minimum absolute atomic E-state index is 0.200. The molecule has 3 heterocycles. The van der Waals surface area contributed by atoms with Crippen LogP contribution in [0.5, 0.6) is 11.5 Å². The van der Waals surface area contributed by atoms with E-state index in [0.29, 0.717) is 25.7 Å². The van der Waals surface area contributed by atoms with Gasteiger partial charge in [0, 0.05) is 25.6 Å². The second-order valence-corrected chi connectivity index (χ2v) is 7.23. The lowest BCUT2D eigenvalue weighted by Gasteiger charge is -2.33. The van der Waals surface area contributed by atoms with Crippen molar-refractivity contribution in [3.8, 4) is 11.5 Å². The summed E-state index contributed by atoms with van der Waals surface area (Å²) in [5.41, 5.74) is 2.98. The number of rotatable bonds is 5. The van der Waals surface area contributed by atoms with Crippen LogP contribution < -0.4 is 20.1 Å². The van der Waals surface area contributed by atoms with Gasteiger partial charge in [0.2, 0.25) is 0 Å². The lowest BCUT2D eigenvalue weighted by molar-refractivity contribution is 0.170. The third-order valence-corrected chi connectivity index (χ3v) is 5.18. The number of anilines is 1. The van der Waals surface area contributed by atoms with Crippen LogP contribution in [0.2, 0.25) is 0 Å². The third kappa shape index (κ3) is 4.22. The van der Waals surface area contributed by atoms with Crippen molar-refractivity contribution in [1.82, 2.24) is 20.4 Å². The lowest BCUT2D eigenvalue weighted by atomic mass is 9.93. The maximum atomic E-state index is 11.9. The number of likely N-dealkylation sites (tertiary alicyclic amines) is 1. The summed E-state index contributed by atoms with van der Waals surface area (Å²) in [6.45, 7) is 6.53. The summed E-state index contributed by atoms with van der Waals surface area (Å²) in [5.74, 6) is 1.97. The molecular weight excluding hydrogens is 358 g/mol. The number of ether oxygens (including phenoxy) is 2. The quantitative estimate of drug-likeness (QED) is 0.736. The molecule has 150 valence electrons. The predicted molar refractivity (Wildman–Crippen MR) is 106 cm³/mol. The Kier molecular flexibility index (Phi) is 5.66. The molecule has 2 amide bonds. The minimum Gasteiger partial charge on any atom is -0.486 e. The van der Waals surface area contributed by atoms with Crippen LogP contribution in [0.1, 0.15) is 36.9 Å². The molecule has 0 unspecified atom stereocenters. The highest BCUT2D eigenvalue weighted by molar-refractivity contribution is 5.89. The Labute approximate surface area is 164 Å². The topological polar surface area (TPSA) is 91.5 Å². The molecule has 0 aliphatic carbocycles. The molecule has 1 aromatic heterocycles. The fraction of sp³-hybridized carbons (Fsp3) is 0.500. The number of benzene rings is 1. The molecule has 28 heavy (non-hydrogen) atoms. The summed E-state index contributed by atoms with van der Waals surface area (Å²) >= 11 is 0. The maximum Gasteiger partial charge on any atom is 0.319 e. The van der Waals surface area contributed by atoms with E-state index < -0.39 is 0 Å². The molecule has 4 rings (SSSR count). The lowest BCUT2D eigenvalue weighted by Crippen LogP contribution is -2.34. The van der Waals surface area contributed by atoms with E-state index in [4.69, 9.17) is 9.47 Å². The molecule has 1 atom stereocenters. The number of carbonyl (C=O) groups excluding carboxylic acids is 1. The average Bonchev–Trinajstić information content (AvgIpc) is 3.16. The van der Waals surface area contributed by atoms with Gasteiger partial charge < -0.3 is 20.1 Å². The van der Waals surface area contributed by atoms with E-state index in [1.54, 1.807) is 6.20 Å². The zero-order valence-electron chi connectivity index (χ0n) is 16.2. The maximum absolute atomic E-state index is 11.9. The molecule has 1 saturated heterocycles. The van der Waals surface area contributed by atoms with Gasteiger partial charge in [0.05, 0.1) is 17.6 Å². The van der Waals surface area contributed by atoms with Crippen LogP contribution in [0.3, 0.4) is 0 Å². The molecule has 2 aliphatic rings. The molecule has 1 fully saturated rings. The standard InChI is InChI=1S/C20H27N5O3/c1-2-21-20(26)23-16-11-22-24-19(16)15-4-3-7-25(13-15)12-14-5-6-17-18(10-14)28-9-8-27-17/h5-6,10-11,15H,2-4,7-9,12-13H2,1H3,(H,22,24)(H2,21,23,26)/t15-/m0/s1. The number of nitrogens with zero attached hydrogens (tertiary/aromatic N) is 2. The predicted octanol–water partition coefficient (Wildman–Crippen LogP) is 2.70. The molecule has 8 nitrogen and oxygen atoms in total. The number of hydrogen-bond acceptors (Lipinski definition) is 5. The molecule has 0 bridgehead atoms. The van der Waals surface area contributed by atoms with Crippen molar-refractivity contribution >= 4 is 11.7 Å². The van der Waals surface area contributed by atoms with Gasteiger partial charge in [0.25, 0.3) is 0 Å². The van der Waals surface area contributed by atoms with Crippen LogP contribution in [0.25, 0.3) is 0 Å². The van der Waals surface area contributed by atoms with Gasteiger partial charge in [0.15, 0.2) is 11.5 Å². The van der Waals surface area contributed by atoms with E-state index in [9.17, 15) is 4.79 Å². The van der Waals surface area contributed by atoms with Crippen molar-refractivity contribution in [2.75, 3.05) is 38.2 Å². The molecule has 0 spiro atoms. The smallest absolute Gasteiger partial charge is 0.319 e. The Hall–Kier alpha value is -2.74. The monoisotopic (exact) mass is 385 g/mol. The number of aromatic amines is 1. The van der Waals surface area contributed by atoms with Crippen molar-refractivity contribution < 1.29 is 14.3 Å². The number of hydrogen-bond donors (Lipinski definition) is 3. The first-order valence-corrected chi connectivity index (χ1v) is 9.92. The summed E-state index contributed by atoms with van der Waals surface area (Å²) in [4.78, 5) is 14.3. The SMILES string of the molecule is CCNC(=O)Nc1cn[nH]c1[C@H]1CCCN(Cc2ccc3c(c2)OCCO3)C1. The van der Waals surface area contributed by atoms with E-state index in [0.717, 1.165) is 55.4 Å². The Morgan fingerprint density at radius 1 is 1.32 bits per heavy atom. The molecule has 2 aliphatic heterocycles. The Morgan fingerprint density at radius 2 is 2.18 bits per heavy atom. The number of nitrogens with one attached hydrogen (secondary N) is 3. The number of carbonyl (C=O) groups is 1. The first kappa shape index (κ1) is 18.6. The molecule has 0 saturated carbocycles. The van der Waals surface area contributed by atoms with Crippen LogP contribution in [-0.4, -0.2) is 54.0 Å². The van der Waals surface area contributed by atoms with E-state index in [2.05, 4.69) is 37.9 Å². The highest BCUT2D eigenvalue weighted by atomic mass is 16.6. The van der Waals surface area contributed by atoms with Crippen LogP contribution in [0, 0.1) is 0 Å². The summed E-state index contributed by atoms with van der Waals surface area (Å²) in [6, 6.07) is 5.98. The van der Waals surface area contributed by atoms with E-state index >= 15 is 0 Å². The fourth-order valence-corrected chi connectivity index (χ4v) is 3.91. The van der Waals surface area contributed by atoms with Gasteiger partial charge in [-0.05, 0) is 44.0 Å². The van der Waals surface area contributed by atoms with Crippen LogP contribution in [-0.2, 0) is 6.54 Å². The summed E-state index contributed by atoms with van der Waals surface area (Å²) in [5, 5.41) is 12.9. The number of fused-ring (bicyclic) bond motifs is 1. The Balaban J connectivity index is 1.41. The van der Waals surface area contributed by atoms with Crippen molar-refractivity contribution in [2.24, 2.45) is 0 Å². The second-order valence-electron chi connectivity index (χ2n) is 7.23. The van der Waals surface area contributed by atoms with Gasteiger partial charge in [-0.2, -0.15) is 5.10 Å². The molecule has 0 radical (unpaired) electrons. The molecule has 8 heteroatoms. The summed E-state index contributed by atoms with van der Waals surface area (Å²) in [6.07, 6.45) is 3.86. The molecule has 1 aromatic carbocycles. The zero-order chi connectivity index (χ0) is 19.3. The molecule has 2 aromatic rings. The highest BCUT2D eigenvalue weighted by Gasteiger charge is 2.25. The molecule has 3 N–H and O–H groups in total. The number of aromatic nitrogens is 2. The molecular formula is C20H27N5O3. The van der Waals surface area contributed by atoms with E-state index in [1.165, 1.54) is 5.56 Å². The number of urea groups is 1. The van der Waals surface area contributed by atoms with Crippen molar-refractivity contribution in [3.05, 3.63) is 35.7 Å². The first-order chi connectivity index (χ1) is 13.7. The van der Waals surface area contributed by atoms with Crippen molar-refractivity contribution in [1.29, 1.82) is 0 Å². The Bertz CT molecular complexity index is 822. The van der Waals surface area contributed by atoms with Gasteiger partial charge in [-0.15, -0.1) is 0 Å². The number of amides is 2. The first-order valence-electron chi connectivity index (χ1n) is 9.92.